The molecule has 1 heterocycles. The molecule has 1 aromatic heterocycles. The van der Waals surface area contributed by atoms with E-state index in [0.29, 0.717) is 0 Å². The SMILES string of the molecule is COc1ccc(-c2cncnc2)cc1CNCc1ccc(C)c(C)c1. The number of methoxy groups -OCH3 is 1. The normalized spacial score (nSPS) is 10.7. The molecule has 0 saturated carbocycles. The maximum atomic E-state index is 5.50. The fraction of sp³-hybridized carbons (Fsp3) is 0.238. The second kappa shape index (κ2) is 7.90. The molecule has 4 nitrogen and oxygen atoms in total. The van der Waals surface area contributed by atoms with Crippen molar-refractivity contribution in [1.82, 2.24) is 15.3 Å². The highest BCUT2D eigenvalue weighted by Crippen LogP contribution is 2.26. The molecule has 0 bridgehead atoms. The Bertz CT molecular complexity index is 847. The van der Waals surface area contributed by atoms with Crippen molar-refractivity contribution in [3.63, 3.8) is 0 Å². The third-order valence-electron chi connectivity index (χ3n) is 4.39. The van der Waals surface area contributed by atoms with E-state index in [-0.39, 0.29) is 0 Å². The van der Waals surface area contributed by atoms with Crippen LogP contribution in [-0.2, 0) is 13.1 Å². The Morgan fingerprint density at radius 2 is 1.68 bits per heavy atom. The van der Waals surface area contributed by atoms with Crippen molar-refractivity contribution < 1.29 is 4.74 Å². The molecular formula is C21H23N3O. The molecule has 0 spiro atoms. The molecule has 0 amide bonds. The van der Waals surface area contributed by atoms with Crippen molar-refractivity contribution in [2.24, 2.45) is 0 Å². The predicted molar refractivity (Wildman–Crippen MR) is 100 cm³/mol. The number of hydrogen-bond acceptors (Lipinski definition) is 4. The Morgan fingerprint density at radius 1 is 0.880 bits per heavy atom. The molecular weight excluding hydrogens is 310 g/mol. The lowest BCUT2D eigenvalue weighted by atomic mass is 10.0. The molecule has 0 atom stereocenters. The number of ether oxygens (including phenoxy) is 1. The number of nitrogens with one attached hydrogen (secondary N) is 1. The minimum absolute atomic E-state index is 0.734. The van der Waals surface area contributed by atoms with Gasteiger partial charge in [-0.2, -0.15) is 0 Å². The molecule has 3 rings (SSSR count). The smallest absolute Gasteiger partial charge is 0.123 e. The van der Waals surface area contributed by atoms with E-state index >= 15 is 0 Å². The van der Waals surface area contributed by atoms with Gasteiger partial charge in [0.05, 0.1) is 7.11 Å². The van der Waals surface area contributed by atoms with Crippen LogP contribution in [0.4, 0.5) is 0 Å². The van der Waals surface area contributed by atoms with Gasteiger partial charge in [-0.05, 0) is 48.2 Å². The molecule has 0 radical (unpaired) electrons. The molecule has 0 aliphatic heterocycles. The zero-order valence-electron chi connectivity index (χ0n) is 14.9. The summed E-state index contributed by atoms with van der Waals surface area (Å²) < 4.78 is 5.50. The van der Waals surface area contributed by atoms with Gasteiger partial charge in [-0.3, -0.25) is 0 Å². The number of aryl methyl sites for hydroxylation is 2. The largest absolute Gasteiger partial charge is 0.496 e. The first kappa shape index (κ1) is 17.1. The van der Waals surface area contributed by atoms with Crippen LogP contribution in [0.5, 0.6) is 5.75 Å². The fourth-order valence-electron chi connectivity index (χ4n) is 2.80. The maximum absolute atomic E-state index is 5.50. The van der Waals surface area contributed by atoms with Crippen LogP contribution in [0.3, 0.4) is 0 Å². The first-order valence-corrected chi connectivity index (χ1v) is 8.36. The predicted octanol–water partition coefficient (Wildman–Crippen LogP) is 4.06. The van der Waals surface area contributed by atoms with Crippen molar-refractivity contribution in [2.75, 3.05) is 7.11 Å². The summed E-state index contributed by atoms with van der Waals surface area (Å²) in [5, 5.41) is 3.51. The minimum Gasteiger partial charge on any atom is -0.496 e. The van der Waals surface area contributed by atoms with Crippen LogP contribution in [0.2, 0.25) is 0 Å². The van der Waals surface area contributed by atoms with E-state index < -0.39 is 0 Å². The molecule has 2 aromatic carbocycles. The van der Waals surface area contributed by atoms with E-state index in [4.69, 9.17) is 4.74 Å². The van der Waals surface area contributed by atoms with E-state index in [0.717, 1.165) is 35.5 Å². The maximum Gasteiger partial charge on any atom is 0.123 e. The van der Waals surface area contributed by atoms with Gasteiger partial charge in [0.1, 0.15) is 12.1 Å². The van der Waals surface area contributed by atoms with Crippen LogP contribution >= 0.6 is 0 Å². The summed E-state index contributed by atoms with van der Waals surface area (Å²) in [6, 6.07) is 12.7. The molecule has 4 heteroatoms. The second-order valence-electron chi connectivity index (χ2n) is 6.18. The summed E-state index contributed by atoms with van der Waals surface area (Å²) in [6.45, 7) is 5.84. The lowest BCUT2D eigenvalue weighted by Gasteiger charge is -2.12. The summed E-state index contributed by atoms with van der Waals surface area (Å²) >= 11 is 0. The summed E-state index contributed by atoms with van der Waals surface area (Å²) in [5.41, 5.74) is 7.14. The van der Waals surface area contributed by atoms with Crippen molar-refractivity contribution in [2.45, 2.75) is 26.9 Å². The van der Waals surface area contributed by atoms with E-state index in [1.807, 2.05) is 24.5 Å². The third kappa shape index (κ3) is 4.22. The number of rotatable bonds is 6. The average molecular weight is 333 g/mol. The Balaban J connectivity index is 1.73. The lowest BCUT2D eigenvalue weighted by molar-refractivity contribution is 0.407. The molecule has 128 valence electrons. The van der Waals surface area contributed by atoms with Crippen LogP contribution in [0, 0.1) is 13.8 Å². The van der Waals surface area contributed by atoms with E-state index in [9.17, 15) is 0 Å². The highest BCUT2D eigenvalue weighted by Gasteiger charge is 2.07. The molecule has 25 heavy (non-hydrogen) atoms. The molecule has 0 fully saturated rings. The highest BCUT2D eigenvalue weighted by atomic mass is 16.5. The van der Waals surface area contributed by atoms with Gasteiger partial charge in [0, 0.05) is 36.6 Å². The number of benzene rings is 2. The van der Waals surface area contributed by atoms with Gasteiger partial charge in [0.15, 0.2) is 0 Å². The van der Waals surface area contributed by atoms with Crippen LogP contribution in [0.1, 0.15) is 22.3 Å². The first-order valence-electron chi connectivity index (χ1n) is 8.36. The standard InChI is InChI=1S/C21H23N3O/c1-15-4-5-17(8-16(15)2)10-22-11-19-9-18(6-7-21(19)25-3)20-12-23-14-24-13-20/h4-9,12-14,22H,10-11H2,1-3H3. The topological polar surface area (TPSA) is 47.0 Å². The summed E-state index contributed by atoms with van der Waals surface area (Å²) in [6.07, 6.45) is 5.18. The zero-order chi connectivity index (χ0) is 17.6. The second-order valence-corrected chi connectivity index (χ2v) is 6.18. The summed E-state index contributed by atoms with van der Waals surface area (Å²) in [4.78, 5) is 8.18. The van der Waals surface area contributed by atoms with Gasteiger partial charge in [-0.15, -0.1) is 0 Å². The number of nitrogens with zero attached hydrogens (tertiary/aromatic N) is 2. The van der Waals surface area contributed by atoms with Gasteiger partial charge < -0.3 is 10.1 Å². The molecule has 0 saturated heterocycles. The van der Waals surface area contributed by atoms with Gasteiger partial charge in [0.25, 0.3) is 0 Å². The third-order valence-corrected chi connectivity index (χ3v) is 4.39. The summed E-state index contributed by atoms with van der Waals surface area (Å²) in [5.74, 6) is 0.883. The molecule has 0 unspecified atom stereocenters. The highest BCUT2D eigenvalue weighted by molar-refractivity contribution is 5.64. The Kier molecular flexibility index (Phi) is 5.41. The Hall–Kier alpha value is -2.72. The molecule has 1 N–H and O–H groups in total. The van der Waals surface area contributed by atoms with Crippen LogP contribution in [0.25, 0.3) is 11.1 Å². The van der Waals surface area contributed by atoms with Crippen molar-refractivity contribution in [1.29, 1.82) is 0 Å². The minimum atomic E-state index is 0.734. The molecule has 0 aliphatic carbocycles. The van der Waals surface area contributed by atoms with Crippen molar-refractivity contribution in [3.8, 4) is 16.9 Å². The first-order chi connectivity index (χ1) is 12.2. The fourth-order valence-corrected chi connectivity index (χ4v) is 2.80. The Labute approximate surface area is 148 Å². The molecule has 0 aliphatic rings. The number of aromatic nitrogens is 2. The van der Waals surface area contributed by atoms with Crippen LogP contribution < -0.4 is 10.1 Å². The van der Waals surface area contributed by atoms with E-state index in [1.54, 1.807) is 13.4 Å². The van der Waals surface area contributed by atoms with Gasteiger partial charge >= 0.3 is 0 Å². The van der Waals surface area contributed by atoms with Crippen LogP contribution in [0.15, 0.2) is 55.1 Å². The van der Waals surface area contributed by atoms with Gasteiger partial charge in [0.2, 0.25) is 0 Å². The zero-order valence-corrected chi connectivity index (χ0v) is 14.9. The van der Waals surface area contributed by atoms with Gasteiger partial charge in [-0.25, -0.2) is 9.97 Å². The van der Waals surface area contributed by atoms with Crippen LogP contribution in [-0.4, -0.2) is 17.1 Å². The van der Waals surface area contributed by atoms with Crippen molar-refractivity contribution in [3.05, 3.63) is 77.4 Å². The Morgan fingerprint density at radius 3 is 2.40 bits per heavy atom. The van der Waals surface area contributed by atoms with E-state index in [1.165, 1.54) is 16.7 Å². The van der Waals surface area contributed by atoms with Crippen molar-refractivity contribution >= 4 is 0 Å². The quantitative estimate of drug-likeness (QED) is 0.739. The van der Waals surface area contributed by atoms with E-state index in [2.05, 4.69) is 53.4 Å². The average Bonchev–Trinajstić information content (AvgIpc) is 2.65. The monoisotopic (exact) mass is 333 g/mol. The summed E-state index contributed by atoms with van der Waals surface area (Å²) in [7, 11) is 1.70. The molecule has 3 aromatic rings. The number of hydrogen-bond donors (Lipinski definition) is 1. The lowest BCUT2D eigenvalue weighted by Crippen LogP contribution is -2.13. The van der Waals surface area contributed by atoms with Gasteiger partial charge in [-0.1, -0.05) is 24.3 Å².